The number of pyridine rings is 1. The van der Waals surface area contributed by atoms with Crippen molar-refractivity contribution in [2.45, 2.75) is 6.92 Å². The molecule has 4 nitrogen and oxygen atoms in total. The summed E-state index contributed by atoms with van der Waals surface area (Å²) in [5.41, 5.74) is 5.07. The van der Waals surface area contributed by atoms with Crippen LogP contribution in [0.2, 0.25) is 0 Å². The first kappa shape index (κ1) is 15.0. The fourth-order valence-electron chi connectivity index (χ4n) is 2.87. The second kappa shape index (κ2) is 5.80. The van der Waals surface area contributed by atoms with Crippen LogP contribution in [0.15, 0.2) is 54.6 Å². The molecule has 0 aliphatic rings. The van der Waals surface area contributed by atoms with Crippen LogP contribution in [0.3, 0.4) is 0 Å². The number of aryl methyl sites for hydroxylation is 1. The Balaban J connectivity index is 2.01. The Labute approximate surface area is 152 Å². The van der Waals surface area contributed by atoms with Gasteiger partial charge in [-0.2, -0.15) is 5.26 Å². The van der Waals surface area contributed by atoms with E-state index in [0.717, 1.165) is 28.1 Å². The van der Waals surface area contributed by atoms with Crippen molar-refractivity contribution in [3.8, 4) is 6.07 Å². The summed E-state index contributed by atoms with van der Waals surface area (Å²) < 4.78 is 3.20. The minimum absolute atomic E-state index is 0.611. The number of hydrogen-bond donors (Lipinski definition) is 1. The molecule has 0 aliphatic carbocycles. The lowest BCUT2D eigenvalue weighted by Crippen LogP contribution is -2.02. The van der Waals surface area contributed by atoms with Crippen molar-refractivity contribution in [1.29, 1.82) is 5.26 Å². The summed E-state index contributed by atoms with van der Waals surface area (Å²) in [7, 11) is 0. The highest BCUT2D eigenvalue weighted by Crippen LogP contribution is 2.28. The number of nitrogens with one attached hydrogen (secondary N) is 1. The van der Waals surface area contributed by atoms with E-state index < -0.39 is 0 Å². The molecule has 0 atom stereocenters. The summed E-state index contributed by atoms with van der Waals surface area (Å²) in [5.74, 6) is 0.899. The molecule has 4 aromatic rings. The summed E-state index contributed by atoms with van der Waals surface area (Å²) in [6.07, 6.45) is 0. The standard InChI is InChI=1S/C19H13IN4/c1-12-10-18(22-14-8-6-13(20)7-9-14)24-17-5-3-2-4-16(17)23-19(24)15(12)11-21/h2-10,22H,1H3. The van der Waals surface area contributed by atoms with E-state index >= 15 is 0 Å². The molecule has 0 saturated heterocycles. The molecule has 116 valence electrons. The zero-order valence-corrected chi connectivity index (χ0v) is 15.1. The van der Waals surface area contributed by atoms with Gasteiger partial charge in [0.25, 0.3) is 0 Å². The molecule has 0 bridgehead atoms. The second-order valence-corrected chi connectivity index (χ2v) is 6.84. The number of nitrogens with zero attached hydrogens (tertiary/aromatic N) is 3. The number of anilines is 2. The van der Waals surface area contributed by atoms with Gasteiger partial charge in [-0.1, -0.05) is 12.1 Å². The number of imidazole rings is 1. The van der Waals surface area contributed by atoms with Crippen LogP contribution in [0.4, 0.5) is 11.5 Å². The number of fused-ring (bicyclic) bond motifs is 3. The van der Waals surface area contributed by atoms with E-state index in [0.29, 0.717) is 11.2 Å². The average molecular weight is 424 g/mol. The van der Waals surface area contributed by atoms with Gasteiger partial charge in [-0.05, 0) is 77.5 Å². The van der Waals surface area contributed by atoms with Gasteiger partial charge in [0, 0.05) is 9.26 Å². The van der Waals surface area contributed by atoms with E-state index in [1.54, 1.807) is 0 Å². The van der Waals surface area contributed by atoms with Gasteiger partial charge in [-0.25, -0.2) is 4.98 Å². The maximum atomic E-state index is 9.53. The molecule has 0 radical (unpaired) electrons. The molecule has 0 spiro atoms. The second-order valence-electron chi connectivity index (χ2n) is 5.59. The smallest absolute Gasteiger partial charge is 0.157 e. The highest BCUT2D eigenvalue weighted by molar-refractivity contribution is 14.1. The lowest BCUT2D eigenvalue weighted by atomic mass is 10.1. The Bertz CT molecular complexity index is 1100. The molecule has 0 fully saturated rings. The van der Waals surface area contributed by atoms with Gasteiger partial charge >= 0.3 is 0 Å². The largest absolute Gasteiger partial charge is 0.341 e. The van der Waals surface area contributed by atoms with Gasteiger partial charge in [-0.3, -0.25) is 4.40 Å². The van der Waals surface area contributed by atoms with Crippen molar-refractivity contribution in [1.82, 2.24) is 9.38 Å². The van der Waals surface area contributed by atoms with E-state index in [2.05, 4.69) is 51.1 Å². The summed E-state index contributed by atoms with van der Waals surface area (Å²) in [4.78, 5) is 4.66. The number of hydrogen-bond acceptors (Lipinski definition) is 3. The zero-order chi connectivity index (χ0) is 16.7. The molecule has 0 amide bonds. The molecule has 2 heterocycles. The molecule has 0 aliphatic heterocycles. The molecule has 0 unspecified atom stereocenters. The van der Waals surface area contributed by atoms with Crippen molar-refractivity contribution in [2.24, 2.45) is 0 Å². The first-order valence-corrected chi connectivity index (χ1v) is 8.59. The Morgan fingerprint density at radius 3 is 2.62 bits per heavy atom. The van der Waals surface area contributed by atoms with Crippen LogP contribution in [-0.4, -0.2) is 9.38 Å². The van der Waals surface area contributed by atoms with Crippen LogP contribution >= 0.6 is 22.6 Å². The quantitative estimate of drug-likeness (QED) is 0.460. The van der Waals surface area contributed by atoms with Crippen molar-refractivity contribution >= 4 is 50.8 Å². The van der Waals surface area contributed by atoms with Crippen LogP contribution in [0, 0.1) is 21.8 Å². The van der Waals surface area contributed by atoms with E-state index in [9.17, 15) is 5.26 Å². The molecule has 2 aromatic heterocycles. The third-order valence-corrected chi connectivity index (χ3v) is 4.72. The molecule has 2 aromatic carbocycles. The first-order valence-electron chi connectivity index (χ1n) is 7.51. The Morgan fingerprint density at radius 1 is 1.12 bits per heavy atom. The van der Waals surface area contributed by atoms with E-state index in [4.69, 9.17) is 0 Å². The highest BCUT2D eigenvalue weighted by atomic mass is 127. The van der Waals surface area contributed by atoms with Crippen LogP contribution in [0.25, 0.3) is 16.7 Å². The third-order valence-electron chi connectivity index (χ3n) is 4.00. The van der Waals surface area contributed by atoms with Crippen LogP contribution in [0.5, 0.6) is 0 Å². The molecule has 1 N–H and O–H groups in total. The number of rotatable bonds is 2. The van der Waals surface area contributed by atoms with E-state index in [-0.39, 0.29) is 0 Å². The SMILES string of the molecule is Cc1cc(Nc2ccc(I)cc2)n2c(nc3ccccc32)c1C#N. The van der Waals surface area contributed by atoms with E-state index in [1.807, 2.05) is 53.8 Å². The van der Waals surface area contributed by atoms with Gasteiger partial charge < -0.3 is 5.32 Å². The Hall–Kier alpha value is -2.59. The van der Waals surface area contributed by atoms with Crippen molar-refractivity contribution in [2.75, 3.05) is 5.32 Å². The lowest BCUT2D eigenvalue weighted by molar-refractivity contribution is 1.19. The summed E-state index contributed by atoms with van der Waals surface area (Å²) in [6, 6.07) is 20.4. The van der Waals surface area contributed by atoms with Crippen LogP contribution in [0.1, 0.15) is 11.1 Å². The van der Waals surface area contributed by atoms with Gasteiger partial charge in [0.15, 0.2) is 5.65 Å². The van der Waals surface area contributed by atoms with Gasteiger partial charge in [-0.15, -0.1) is 0 Å². The number of benzene rings is 2. The minimum Gasteiger partial charge on any atom is -0.341 e. The Morgan fingerprint density at radius 2 is 1.88 bits per heavy atom. The predicted octanol–water partition coefficient (Wildman–Crippen LogP) is 5.02. The van der Waals surface area contributed by atoms with Gasteiger partial charge in [0.05, 0.1) is 16.6 Å². The molecule has 24 heavy (non-hydrogen) atoms. The van der Waals surface area contributed by atoms with Gasteiger partial charge in [0.1, 0.15) is 11.9 Å². The van der Waals surface area contributed by atoms with Crippen molar-refractivity contribution < 1.29 is 0 Å². The van der Waals surface area contributed by atoms with Crippen molar-refractivity contribution in [3.05, 3.63) is 69.3 Å². The molecule has 5 heteroatoms. The lowest BCUT2D eigenvalue weighted by Gasteiger charge is -2.12. The summed E-state index contributed by atoms with van der Waals surface area (Å²) in [6.45, 7) is 1.94. The zero-order valence-electron chi connectivity index (χ0n) is 12.9. The third kappa shape index (κ3) is 2.39. The normalized spacial score (nSPS) is 10.9. The molecule has 0 saturated carbocycles. The Kier molecular flexibility index (Phi) is 3.62. The van der Waals surface area contributed by atoms with E-state index in [1.165, 1.54) is 3.57 Å². The number of para-hydroxylation sites is 2. The number of aromatic nitrogens is 2. The number of nitriles is 1. The molecular weight excluding hydrogens is 411 g/mol. The van der Waals surface area contributed by atoms with Crippen LogP contribution < -0.4 is 5.32 Å². The summed E-state index contributed by atoms with van der Waals surface area (Å²) in [5, 5.41) is 13.0. The fraction of sp³-hybridized carbons (Fsp3) is 0.0526. The maximum Gasteiger partial charge on any atom is 0.157 e. The molecular formula is C19H13IN4. The fourth-order valence-corrected chi connectivity index (χ4v) is 3.23. The number of halogens is 1. The van der Waals surface area contributed by atoms with Gasteiger partial charge in [0.2, 0.25) is 0 Å². The van der Waals surface area contributed by atoms with Crippen molar-refractivity contribution in [3.63, 3.8) is 0 Å². The first-order chi connectivity index (χ1) is 11.7. The van der Waals surface area contributed by atoms with Crippen LogP contribution in [-0.2, 0) is 0 Å². The maximum absolute atomic E-state index is 9.53. The predicted molar refractivity (Wildman–Crippen MR) is 105 cm³/mol. The molecule has 4 rings (SSSR count). The highest BCUT2D eigenvalue weighted by Gasteiger charge is 2.15. The topological polar surface area (TPSA) is 53.1 Å². The monoisotopic (exact) mass is 424 g/mol. The summed E-state index contributed by atoms with van der Waals surface area (Å²) >= 11 is 2.29. The minimum atomic E-state index is 0.611. The average Bonchev–Trinajstić information content (AvgIpc) is 2.96.